The molecule has 0 bridgehead atoms. The number of hydrogen-bond donors (Lipinski definition) is 2. The monoisotopic (exact) mass is 354 g/mol. The number of carbonyl (C=O) groups is 1. The van der Waals surface area contributed by atoms with E-state index in [4.69, 9.17) is 4.74 Å². The zero-order chi connectivity index (χ0) is 18.2. The third-order valence-corrected chi connectivity index (χ3v) is 4.45. The third kappa shape index (κ3) is 4.95. The van der Waals surface area contributed by atoms with Gasteiger partial charge in [-0.25, -0.2) is 0 Å². The fourth-order valence-electron chi connectivity index (χ4n) is 3.04. The van der Waals surface area contributed by atoms with E-state index >= 15 is 0 Å². The first-order chi connectivity index (χ1) is 12.8. The van der Waals surface area contributed by atoms with Crippen molar-refractivity contribution in [2.45, 2.75) is 19.3 Å². The lowest BCUT2D eigenvalue weighted by molar-refractivity contribution is 0.102. The second-order valence-electron chi connectivity index (χ2n) is 6.43. The summed E-state index contributed by atoms with van der Waals surface area (Å²) >= 11 is 0. The van der Waals surface area contributed by atoms with Gasteiger partial charge in [0.1, 0.15) is 0 Å². The second-order valence-corrected chi connectivity index (χ2v) is 6.43. The minimum absolute atomic E-state index is 0.160. The molecular formula is C20H26N4O2. The molecule has 3 rings (SSSR count). The van der Waals surface area contributed by atoms with Gasteiger partial charge in [-0.1, -0.05) is 0 Å². The zero-order valence-electron chi connectivity index (χ0n) is 15.2. The Morgan fingerprint density at radius 2 is 1.92 bits per heavy atom. The number of aromatic nitrogens is 1. The van der Waals surface area contributed by atoms with Crippen molar-refractivity contribution in [3.05, 3.63) is 48.3 Å². The van der Waals surface area contributed by atoms with Gasteiger partial charge in [-0.2, -0.15) is 0 Å². The largest absolute Gasteiger partial charge is 0.385 e. The average molecular weight is 354 g/mol. The molecule has 2 aromatic rings. The number of nitrogens with one attached hydrogen (secondary N) is 2. The molecule has 0 spiro atoms. The van der Waals surface area contributed by atoms with Crippen molar-refractivity contribution in [2.75, 3.05) is 48.9 Å². The molecule has 0 atom stereocenters. The van der Waals surface area contributed by atoms with Crippen LogP contribution in [0.4, 0.5) is 17.1 Å². The number of amides is 1. The molecule has 0 saturated carbocycles. The Hall–Kier alpha value is -2.60. The minimum Gasteiger partial charge on any atom is -0.385 e. The minimum atomic E-state index is -0.160. The standard InChI is InChI=1S/C20H26N4O2/c1-26-12-4-9-22-18-13-16(14-21-15-18)20(25)23-17-5-7-19(8-6-17)24-10-2-3-11-24/h5-8,13-15,22H,2-4,9-12H2,1H3,(H,23,25). The van der Waals surface area contributed by atoms with E-state index in [-0.39, 0.29) is 5.91 Å². The lowest BCUT2D eigenvalue weighted by atomic mass is 10.2. The fourth-order valence-corrected chi connectivity index (χ4v) is 3.04. The molecule has 1 amide bonds. The van der Waals surface area contributed by atoms with E-state index in [1.165, 1.54) is 18.5 Å². The molecule has 1 saturated heterocycles. The van der Waals surface area contributed by atoms with Crippen LogP contribution in [0.15, 0.2) is 42.7 Å². The number of carbonyl (C=O) groups excluding carboxylic acids is 1. The van der Waals surface area contributed by atoms with Gasteiger partial charge in [-0.15, -0.1) is 0 Å². The molecule has 1 aromatic heterocycles. The molecular weight excluding hydrogens is 328 g/mol. The quantitative estimate of drug-likeness (QED) is 0.712. The lowest BCUT2D eigenvalue weighted by Gasteiger charge is -2.17. The van der Waals surface area contributed by atoms with Gasteiger partial charge >= 0.3 is 0 Å². The van der Waals surface area contributed by atoms with Crippen LogP contribution in [0.2, 0.25) is 0 Å². The Balaban J connectivity index is 1.57. The number of benzene rings is 1. The van der Waals surface area contributed by atoms with E-state index in [0.717, 1.165) is 37.4 Å². The number of hydrogen-bond acceptors (Lipinski definition) is 5. The number of anilines is 3. The van der Waals surface area contributed by atoms with Crippen LogP contribution in [-0.2, 0) is 4.74 Å². The van der Waals surface area contributed by atoms with E-state index in [2.05, 4.69) is 32.7 Å². The molecule has 1 aliphatic rings. The molecule has 1 aromatic carbocycles. The molecule has 138 valence electrons. The van der Waals surface area contributed by atoms with Crippen LogP contribution in [0.3, 0.4) is 0 Å². The summed E-state index contributed by atoms with van der Waals surface area (Å²) in [7, 11) is 1.68. The van der Waals surface area contributed by atoms with Crippen LogP contribution in [0.25, 0.3) is 0 Å². The molecule has 1 fully saturated rings. The number of ether oxygens (including phenoxy) is 1. The summed E-state index contributed by atoms with van der Waals surface area (Å²) in [5.74, 6) is -0.160. The van der Waals surface area contributed by atoms with Crippen molar-refractivity contribution in [1.29, 1.82) is 0 Å². The Kier molecular flexibility index (Phi) is 6.44. The molecule has 0 aliphatic carbocycles. The summed E-state index contributed by atoms with van der Waals surface area (Å²) in [5.41, 5.74) is 3.37. The number of nitrogens with zero attached hydrogens (tertiary/aromatic N) is 2. The van der Waals surface area contributed by atoms with E-state index < -0.39 is 0 Å². The van der Waals surface area contributed by atoms with Crippen molar-refractivity contribution >= 4 is 23.0 Å². The normalized spacial score (nSPS) is 13.7. The van der Waals surface area contributed by atoms with Crippen molar-refractivity contribution in [3.63, 3.8) is 0 Å². The highest BCUT2D eigenvalue weighted by Crippen LogP contribution is 2.22. The first kappa shape index (κ1) is 18.2. The summed E-state index contributed by atoms with van der Waals surface area (Å²) in [4.78, 5) is 19.0. The summed E-state index contributed by atoms with van der Waals surface area (Å²) in [6, 6.07) is 9.84. The highest BCUT2D eigenvalue weighted by Gasteiger charge is 2.12. The average Bonchev–Trinajstić information content (AvgIpc) is 3.21. The van der Waals surface area contributed by atoms with Gasteiger partial charge in [0.25, 0.3) is 5.91 Å². The Morgan fingerprint density at radius 3 is 2.65 bits per heavy atom. The Bertz CT molecular complexity index is 712. The van der Waals surface area contributed by atoms with Crippen molar-refractivity contribution in [3.8, 4) is 0 Å². The van der Waals surface area contributed by atoms with Crippen LogP contribution in [-0.4, -0.2) is 44.2 Å². The summed E-state index contributed by atoms with van der Waals surface area (Å²) in [5, 5.41) is 6.18. The second kappa shape index (κ2) is 9.20. The Morgan fingerprint density at radius 1 is 1.15 bits per heavy atom. The van der Waals surface area contributed by atoms with Gasteiger partial charge in [0, 0.05) is 57.1 Å². The summed E-state index contributed by atoms with van der Waals surface area (Å²) < 4.78 is 5.03. The van der Waals surface area contributed by atoms with Crippen molar-refractivity contribution in [1.82, 2.24) is 4.98 Å². The number of rotatable bonds is 8. The van der Waals surface area contributed by atoms with Gasteiger partial charge in [0.05, 0.1) is 11.3 Å². The fraction of sp³-hybridized carbons (Fsp3) is 0.400. The molecule has 2 heterocycles. The van der Waals surface area contributed by atoms with Crippen LogP contribution >= 0.6 is 0 Å². The van der Waals surface area contributed by atoms with Crippen molar-refractivity contribution in [2.24, 2.45) is 0 Å². The summed E-state index contributed by atoms with van der Waals surface area (Å²) in [6.45, 7) is 3.70. The van der Waals surface area contributed by atoms with Gasteiger partial charge in [0.15, 0.2) is 0 Å². The van der Waals surface area contributed by atoms with Gasteiger partial charge < -0.3 is 20.3 Å². The molecule has 0 unspecified atom stereocenters. The predicted molar refractivity (Wildman–Crippen MR) is 105 cm³/mol. The van der Waals surface area contributed by atoms with Gasteiger partial charge in [-0.3, -0.25) is 9.78 Å². The van der Waals surface area contributed by atoms with E-state index in [0.29, 0.717) is 12.2 Å². The van der Waals surface area contributed by atoms with E-state index in [1.54, 1.807) is 19.5 Å². The van der Waals surface area contributed by atoms with E-state index in [9.17, 15) is 4.79 Å². The summed E-state index contributed by atoms with van der Waals surface area (Å²) in [6.07, 6.45) is 6.70. The number of methoxy groups -OCH3 is 1. The van der Waals surface area contributed by atoms with Gasteiger partial charge in [0.2, 0.25) is 0 Å². The Labute approximate surface area is 154 Å². The topological polar surface area (TPSA) is 66.5 Å². The van der Waals surface area contributed by atoms with Crippen LogP contribution < -0.4 is 15.5 Å². The van der Waals surface area contributed by atoms with Crippen LogP contribution in [0.1, 0.15) is 29.6 Å². The molecule has 0 radical (unpaired) electrons. The molecule has 1 aliphatic heterocycles. The van der Waals surface area contributed by atoms with E-state index in [1.807, 2.05) is 18.2 Å². The smallest absolute Gasteiger partial charge is 0.257 e. The maximum Gasteiger partial charge on any atom is 0.257 e. The first-order valence-corrected chi connectivity index (χ1v) is 9.10. The molecule has 26 heavy (non-hydrogen) atoms. The highest BCUT2D eigenvalue weighted by molar-refractivity contribution is 6.04. The molecule has 6 heteroatoms. The molecule has 6 nitrogen and oxygen atoms in total. The predicted octanol–water partition coefficient (Wildman–Crippen LogP) is 3.38. The SMILES string of the molecule is COCCCNc1cncc(C(=O)Nc2ccc(N3CCCC3)cc2)c1. The highest BCUT2D eigenvalue weighted by atomic mass is 16.5. The zero-order valence-corrected chi connectivity index (χ0v) is 15.2. The van der Waals surface area contributed by atoms with Crippen LogP contribution in [0.5, 0.6) is 0 Å². The van der Waals surface area contributed by atoms with Crippen molar-refractivity contribution < 1.29 is 9.53 Å². The lowest BCUT2D eigenvalue weighted by Crippen LogP contribution is -2.17. The number of pyridine rings is 1. The van der Waals surface area contributed by atoms with Gasteiger partial charge in [-0.05, 0) is 49.6 Å². The van der Waals surface area contributed by atoms with Crippen LogP contribution in [0, 0.1) is 0 Å². The third-order valence-electron chi connectivity index (χ3n) is 4.45. The maximum atomic E-state index is 12.5. The maximum absolute atomic E-state index is 12.5. The molecule has 2 N–H and O–H groups in total. The first-order valence-electron chi connectivity index (χ1n) is 9.10.